The third kappa shape index (κ3) is 4.28. The summed E-state index contributed by atoms with van der Waals surface area (Å²) in [5.41, 5.74) is 0.993. The fourth-order valence-electron chi connectivity index (χ4n) is 1.59. The maximum atomic E-state index is 11.8. The number of nitrogens with one attached hydrogen (secondary N) is 1. The normalized spacial score (nSPS) is 11.7. The lowest BCUT2D eigenvalue weighted by molar-refractivity contribution is 0.0696. The molecule has 5 nitrogen and oxygen atoms in total. The van der Waals surface area contributed by atoms with Gasteiger partial charge in [0, 0.05) is 19.6 Å². The second-order valence-electron chi connectivity index (χ2n) is 4.53. The third-order valence-electron chi connectivity index (χ3n) is 3.19. The van der Waals surface area contributed by atoms with E-state index in [4.69, 9.17) is 5.11 Å². The Morgan fingerprint density at radius 2 is 2.11 bits per heavy atom. The molecule has 0 fully saturated rings. The summed E-state index contributed by atoms with van der Waals surface area (Å²) in [6.45, 7) is 4.32. The highest BCUT2D eigenvalue weighted by Crippen LogP contribution is 2.06. The van der Waals surface area contributed by atoms with Crippen LogP contribution in [0.1, 0.15) is 36.2 Å². The van der Waals surface area contributed by atoms with E-state index < -0.39 is 5.97 Å². The summed E-state index contributed by atoms with van der Waals surface area (Å²) in [4.78, 5) is 24.3. The van der Waals surface area contributed by atoms with Gasteiger partial charge in [-0.05, 0) is 31.0 Å². The fraction of sp³-hybridized carbons (Fsp3) is 0.429. The summed E-state index contributed by atoms with van der Waals surface area (Å²) >= 11 is 0. The molecular weight excluding hydrogens is 244 g/mol. The minimum absolute atomic E-state index is 0.157. The van der Waals surface area contributed by atoms with Gasteiger partial charge in [-0.1, -0.05) is 19.1 Å². The largest absolute Gasteiger partial charge is 0.478 e. The summed E-state index contributed by atoms with van der Waals surface area (Å²) < 4.78 is 0. The molecule has 0 saturated heterocycles. The van der Waals surface area contributed by atoms with Gasteiger partial charge in [0.25, 0.3) is 0 Å². The van der Waals surface area contributed by atoms with Crippen molar-refractivity contribution in [1.82, 2.24) is 10.2 Å². The van der Waals surface area contributed by atoms with Gasteiger partial charge >= 0.3 is 12.0 Å². The molecule has 1 aromatic carbocycles. The third-order valence-corrected chi connectivity index (χ3v) is 3.19. The molecule has 1 aromatic rings. The number of hydrogen-bond acceptors (Lipinski definition) is 2. The van der Waals surface area contributed by atoms with Crippen LogP contribution in [-0.4, -0.2) is 35.1 Å². The Bertz CT molecular complexity index is 460. The van der Waals surface area contributed by atoms with E-state index in [2.05, 4.69) is 5.32 Å². The minimum atomic E-state index is -0.968. The van der Waals surface area contributed by atoms with Crippen LogP contribution in [-0.2, 0) is 6.54 Å². The number of benzene rings is 1. The van der Waals surface area contributed by atoms with Crippen molar-refractivity contribution < 1.29 is 14.7 Å². The average molecular weight is 264 g/mol. The van der Waals surface area contributed by atoms with Crippen molar-refractivity contribution in [3.63, 3.8) is 0 Å². The summed E-state index contributed by atoms with van der Waals surface area (Å²) in [5.74, 6) is -0.968. The number of urea groups is 1. The maximum absolute atomic E-state index is 11.8. The SMILES string of the molecule is CCC(C)N(C)C(=O)NCc1cccc(C(=O)O)c1. The number of carbonyl (C=O) groups is 2. The molecule has 0 saturated carbocycles. The van der Waals surface area contributed by atoms with Gasteiger partial charge in [0.1, 0.15) is 0 Å². The molecule has 0 heterocycles. The van der Waals surface area contributed by atoms with E-state index in [-0.39, 0.29) is 17.6 Å². The first-order chi connectivity index (χ1) is 8.95. The molecule has 0 spiro atoms. The van der Waals surface area contributed by atoms with Gasteiger partial charge in [0.2, 0.25) is 0 Å². The van der Waals surface area contributed by atoms with Gasteiger partial charge in [-0.15, -0.1) is 0 Å². The van der Waals surface area contributed by atoms with Crippen molar-refractivity contribution in [2.45, 2.75) is 32.9 Å². The first-order valence-electron chi connectivity index (χ1n) is 6.28. The predicted molar refractivity (Wildman–Crippen MR) is 73.2 cm³/mol. The first kappa shape index (κ1) is 15.0. The Kier molecular flexibility index (Phi) is 5.36. The predicted octanol–water partition coefficient (Wildman–Crippen LogP) is 2.32. The molecule has 0 bridgehead atoms. The van der Waals surface area contributed by atoms with Crippen LogP contribution in [0.2, 0.25) is 0 Å². The molecule has 19 heavy (non-hydrogen) atoms. The summed E-state index contributed by atoms with van der Waals surface area (Å²) in [5, 5.41) is 11.7. The Labute approximate surface area is 113 Å². The van der Waals surface area contributed by atoms with E-state index in [1.807, 2.05) is 13.8 Å². The van der Waals surface area contributed by atoms with Crippen molar-refractivity contribution >= 4 is 12.0 Å². The molecule has 2 N–H and O–H groups in total. The summed E-state index contributed by atoms with van der Waals surface area (Å²) in [7, 11) is 1.75. The number of rotatable bonds is 5. The van der Waals surface area contributed by atoms with Gasteiger partial charge in [-0.2, -0.15) is 0 Å². The highest BCUT2D eigenvalue weighted by atomic mass is 16.4. The highest BCUT2D eigenvalue weighted by molar-refractivity contribution is 5.87. The van der Waals surface area contributed by atoms with Crippen molar-refractivity contribution in [3.8, 4) is 0 Å². The molecule has 0 aliphatic carbocycles. The average Bonchev–Trinajstić information content (AvgIpc) is 2.43. The smallest absolute Gasteiger partial charge is 0.335 e. The van der Waals surface area contributed by atoms with Gasteiger partial charge in [-0.3, -0.25) is 0 Å². The van der Waals surface area contributed by atoms with Gasteiger partial charge in [-0.25, -0.2) is 9.59 Å². The molecule has 0 radical (unpaired) electrons. The van der Waals surface area contributed by atoms with Crippen LogP contribution < -0.4 is 5.32 Å². The van der Waals surface area contributed by atoms with Crippen LogP contribution in [0, 0.1) is 0 Å². The number of hydrogen-bond donors (Lipinski definition) is 2. The first-order valence-corrected chi connectivity index (χ1v) is 6.28. The van der Waals surface area contributed by atoms with Gasteiger partial charge in [0.05, 0.1) is 5.56 Å². The van der Waals surface area contributed by atoms with E-state index in [0.717, 1.165) is 12.0 Å². The Hall–Kier alpha value is -2.04. The molecule has 0 aliphatic rings. The molecule has 0 aromatic heterocycles. The molecule has 5 heteroatoms. The van der Waals surface area contributed by atoms with E-state index in [0.29, 0.717) is 6.54 Å². The lowest BCUT2D eigenvalue weighted by Gasteiger charge is -2.24. The van der Waals surface area contributed by atoms with Crippen molar-refractivity contribution in [2.75, 3.05) is 7.05 Å². The van der Waals surface area contributed by atoms with Gasteiger partial charge in [0.15, 0.2) is 0 Å². The zero-order valence-corrected chi connectivity index (χ0v) is 11.5. The molecule has 2 amide bonds. The number of nitrogens with zero attached hydrogens (tertiary/aromatic N) is 1. The molecule has 1 unspecified atom stereocenters. The van der Waals surface area contributed by atoms with E-state index >= 15 is 0 Å². The Morgan fingerprint density at radius 3 is 2.68 bits per heavy atom. The minimum Gasteiger partial charge on any atom is -0.478 e. The number of aromatic carboxylic acids is 1. The monoisotopic (exact) mass is 264 g/mol. The topological polar surface area (TPSA) is 69.6 Å². The summed E-state index contributed by atoms with van der Waals surface area (Å²) in [6.07, 6.45) is 0.887. The van der Waals surface area contributed by atoms with E-state index in [1.165, 1.54) is 6.07 Å². The fourth-order valence-corrected chi connectivity index (χ4v) is 1.59. The maximum Gasteiger partial charge on any atom is 0.335 e. The van der Waals surface area contributed by atoms with E-state index in [9.17, 15) is 9.59 Å². The number of carboxylic acids is 1. The molecule has 0 aliphatic heterocycles. The quantitative estimate of drug-likeness (QED) is 0.857. The lowest BCUT2D eigenvalue weighted by atomic mass is 10.1. The van der Waals surface area contributed by atoms with Crippen molar-refractivity contribution in [2.24, 2.45) is 0 Å². The van der Waals surface area contributed by atoms with Gasteiger partial charge < -0.3 is 15.3 Å². The van der Waals surface area contributed by atoms with Crippen molar-refractivity contribution in [3.05, 3.63) is 35.4 Å². The molecular formula is C14H20N2O3. The molecule has 104 valence electrons. The highest BCUT2D eigenvalue weighted by Gasteiger charge is 2.13. The number of carbonyl (C=O) groups excluding carboxylic acids is 1. The zero-order chi connectivity index (χ0) is 14.4. The van der Waals surface area contributed by atoms with Crippen LogP contribution in [0.5, 0.6) is 0 Å². The van der Waals surface area contributed by atoms with Crippen LogP contribution in [0.15, 0.2) is 24.3 Å². The second-order valence-corrected chi connectivity index (χ2v) is 4.53. The molecule has 1 atom stereocenters. The standard InChI is InChI=1S/C14H20N2O3/c1-4-10(2)16(3)14(19)15-9-11-6-5-7-12(8-11)13(17)18/h5-8,10H,4,9H2,1-3H3,(H,15,19)(H,17,18). The Balaban J connectivity index is 2.59. The number of carboxylic acid groups (broad SMARTS) is 1. The van der Waals surface area contributed by atoms with Crippen LogP contribution in [0.4, 0.5) is 4.79 Å². The lowest BCUT2D eigenvalue weighted by Crippen LogP contribution is -2.41. The van der Waals surface area contributed by atoms with Crippen LogP contribution >= 0.6 is 0 Å². The van der Waals surface area contributed by atoms with E-state index in [1.54, 1.807) is 30.1 Å². The van der Waals surface area contributed by atoms with Crippen molar-refractivity contribution in [1.29, 1.82) is 0 Å². The zero-order valence-electron chi connectivity index (χ0n) is 11.5. The van der Waals surface area contributed by atoms with Crippen LogP contribution in [0.3, 0.4) is 0 Å². The molecule has 1 rings (SSSR count). The van der Waals surface area contributed by atoms with Crippen LogP contribution in [0.25, 0.3) is 0 Å². The Morgan fingerprint density at radius 1 is 1.42 bits per heavy atom. The second kappa shape index (κ2) is 6.78. The number of amides is 2. The summed E-state index contributed by atoms with van der Waals surface area (Å²) in [6, 6.07) is 6.56.